The minimum Gasteiger partial charge on any atom is -0.493 e. The standard InChI is InChI=1S/C21H27NO5.ClH/c1-6-21(22-2,16-10-8-7-9-11-16)14-27-20(23)15-12-17(24-3)19(26-5)18(13-15)25-4;/h7-13,22H,6,14H2,1-5H3;1H/i5D3;. The van der Waals surface area contributed by atoms with Gasteiger partial charge < -0.3 is 24.3 Å². The molecular weight excluding hydrogens is 382 g/mol. The van der Waals surface area contributed by atoms with Gasteiger partial charge in [-0.25, -0.2) is 4.79 Å². The SMILES string of the molecule is Cl.[2H]C([2H])([2H])Oc1c(OC)cc(C(=O)OCC(CC)(NC)c2ccccc2)cc1OC. The molecular formula is C21H28ClNO5. The molecule has 7 heteroatoms. The van der Waals surface area contributed by atoms with Crippen molar-refractivity contribution in [2.75, 3.05) is 34.9 Å². The lowest BCUT2D eigenvalue weighted by Gasteiger charge is -2.32. The minimum atomic E-state index is -2.70. The molecule has 0 aliphatic heterocycles. The third-order valence-electron chi connectivity index (χ3n) is 4.66. The summed E-state index contributed by atoms with van der Waals surface area (Å²) in [6, 6.07) is 12.5. The molecule has 0 heterocycles. The van der Waals surface area contributed by atoms with Crippen LogP contribution in [0.25, 0.3) is 0 Å². The van der Waals surface area contributed by atoms with Gasteiger partial charge in [0.05, 0.1) is 36.5 Å². The molecule has 1 N–H and O–H groups in total. The predicted octanol–water partition coefficient (Wildman–Crippen LogP) is 3.82. The first-order chi connectivity index (χ1) is 14.2. The molecule has 2 aromatic carbocycles. The molecule has 2 rings (SSSR count). The molecule has 0 aliphatic rings. The zero-order valence-electron chi connectivity index (χ0n) is 19.4. The van der Waals surface area contributed by atoms with Gasteiger partial charge in [-0.2, -0.15) is 0 Å². The lowest BCUT2D eigenvalue weighted by Crippen LogP contribution is -2.44. The van der Waals surface area contributed by atoms with E-state index < -0.39 is 18.5 Å². The Balaban J connectivity index is 0.00000480. The molecule has 0 saturated heterocycles. The van der Waals surface area contributed by atoms with Crippen LogP contribution in [0.1, 0.15) is 33.4 Å². The van der Waals surface area contributed by atoms with Gasteiger partial charge in [-0.05, 0) is 31.2 Å². The molecule has 28 heavy (non-hydrogen) atoms. The van der Waals surface area contributed by atoms with Crippen LogP contribution in [-0.2, 0) is 10.3 Å². The summed E-state index contributed by atoms with van der Waals surface area (Å²) in [5.41, 5.74) is 0.602. The average molecular weight is 413 g/mol. The Morgan fingerprint density at radius 2 is 1.71 bits per heavy atom. The van der Waals surface area contributed by atoms with Crippen molar-refractivity contribution in [3.05, 3.63) is 53.6 Å². The Bertz CT molecular complexity index is 833. The molecule has 0 spiro atoms. The highest BCUT2D eigenvalue weighted by molar-refractivity contribution is 5.91. The maximum Gasteiger partial charge on any atom is 0.338 e. The number of benzene rings is 2. The van der Waals surface area contributed by atoms with Crippen LogP contribution in [0.3, 0.4) is 0 Å². The number of halogens is 1. The van der Waals surface area contributed by atoms with E-state index in [-0.39, 0.29) is 41.8 Å². The van der Waals surface area contributed by atoms with Gasteiger partial charge in [0.1, 0.15) is 6.61 Å². The van der Waals surface area contributed by atoms with Crippen LogP contribution in [0, 0.1) is 0 Å². The quantitative estimate of drug-likeness (QED) is 0.631. The van der Waals surface area contributed by atoms with Gasteiger partial charge in [-0.15, -0.1) is 12.4 Å². The number of carbonyl (C=O) groups excluding carboxylic acids is 1. The molecule has 6 nitrogen and oxygen atoms in total. The monoisotopic (exact) mass is 412 g/mol. The number of rotatable bonds is 9. The van der Waals surface area contributed by atoms with Crippen LogP contribution in [0.2, 0.25) is 0 Å². The summed E-state index contributed by atoms with van der Waals surface area (Å²) in [5.74, 6) is -0.610. The summed E-state index contributed by atoms with van der Waals surface area (Å²) in [5, 5.41) is 3.26. The van der Waals surface area contributed by atoms with Crippen LogP contribution >= 0.6 is 12.4 Å². The van der Waals surface area contributed by atoms with Gasteiger partial charge in [0.25, 0.3) is 0 Å². The lowest BCUT2D eigenvalue weighted by molar-refractivity contribution is 0.0360. The molecule has 1 unspecified atom stereocenters. The third-order valence-corrected chi connectivity index (χ3v) is 4.66. The summed E-state index contributed by atoms with van der Waals surface area (Å²) in [6.45, 7) is 2.10. The second-order valence-corrected chi connectivity index (χ2v) is 5.94. The summed E-state index contributed by atoms with van der Waals surface area (Å²) in [6.07, 6.45) is 0.693. The summed E-state index contributed by atoms with van der Waals surface area (Å²) < 4.78 is 42.9. The molecule has 0 aliphatic carbocycles. The van der Waals surface area contributed by atoms with E-state index in [0.717, 1.165) is 5.56 Å². The number of ether oxygens (including phenoxy) is 4. The molecule has 0 amide bonds. The minimum absolute atomic E-state index is 0. The Morgan fingerprint density at radius 3 is 2.18 bits per heavy atom. The topological polar surface area (TPSA) is 66.0 Å². The van der Waals surface area contributed by atoms with E-state index in [2.05, 4.69) is 5.32 Å². The Kier molecular flexibility index (Phi) is 7.28. The molecule has 0 radical (unpaired) electrons. The Hall–Kier alpha value is -2.44. The zero-order chi connectivity index (χ0) is 22.4. The van der Waals surface area contributed by atoms with E-state index >= 15 is 0 Å². The van der Waals surface area contributed by atoms with Gasteiger partial charge in [0.15, 0.2) is 11.5 Å². The fourth-order valence-electron chi connectivity index (χ4n) is 2.91. The van der Waals surface area contributed by atoms with Crippen molar-refractivity contribution in [1.82, 2.24) is 5.32 Å². The van der Waals surface area contributed by atoms with Crippen molar-refractivity contribution in [3.63, 3.8) is 0 Å². The number of likely N-dealkylation sites (N-methyl/N-ethyl adjacent to an activating group) is 1. The number of carbonyl (C=O) groups is 1. The lowest BCUT2D eigenvalue weighted by atomic mass is 9.88. The molecule has 0 aromatic heterocycles. The zero-order valence-corrected chi connectivity index (χ0v) is 17.2. The summed E-state index contributed by atoms with van der Waals surface area (Å²) in [7, 11) is 1.80. The first kappa shape index (κ1) is 18.9. The van der Waals surface area contributed by atoms with Crippen molar-refractivity contribution in [2.24, 2.45) is 0 Å². The predicted molar refractivity (Wildman–Crippen MR) is 111 cm³/mol. The van der Waals surface area contributed by atoms with E-state index in [1.165, 1.54) is 26.4 Å². The van der Waals surface area contributed by atoms with E-state index in [1.807, 2.05) is 44.3 Å². The maximum atomic E-state index is 12.8. The van der Waals surface area contributed by atoms with E-state index in [4.69, 9.17) is 23.1 Å². The van der Waals surface area contributed by atoms with Crippen LogP contribution in [0.4, 0.5) is 0 Å². The summed E-state index contributed by atoms with van der Waals surface area (Å²) in [4.78, 5) is 12.8. The van der Waals surface area contributed by atoms with Crippen LogP contribution < -0.4 is 19.5 Å². The maximum absolute atomic E-state index is 12.8. The molecule has 1 atom stereocenters. The van der Waals surface area contributed by atoms with Crippen molar-refractivity contribution in [3.8, 4) is 17.2 Å². The van der Waals surface area contributed by atoms with Crippen molar-refractivity contribution in [1.29, 1.82) is 0 Å². The highest BCUT2D eigenvalue weighted by Crippen LogP contribution is 2.38. The van der Waals surface area contributed by atoms with Gasteiger partial charge in [0.2, 0.25) is 5.75 Å². The molecule has 0 bridgehead atoms. The molecule has 154 valence electrons. The molecule has 2 aromatic rings. The van der Waals surface area contributed by atoms with Gasteiger partial charge in [-0.3, -0.25) is 0 Å². The number of esters is 1. The van der Waals surface area contributed by atoms with Crippen LogP contribution in [0.15, 0.2) is 42.5 Å². The van der Waals surface area contributed by atoms with Crippen molar-refractivity contribution < 1.29 is 27.9 Å². The van der Waals surface area contributed by atoms with E-state index in [0.29, 0.717) is 6.42 Å². The number of nitrogens with one attached hydrogen (secondary N) is 1. The first-order valence-electron chi connectivity index (χ1n) is 10.1. The second-order valence-electron chi connectivity index (χ2n) is 5.94. The second kappa shape index (κ2) is 10.8. The average Bonchev–Trinajstić information content (AvgIpc) is 2.74. The largest absolute Gasteiger partial charge is 0.493 e. The van der Waals surface area contributed by atoms with Crippen LogP contribution in [-0.4, -0.2) is 40.9 Å². The molecule has 0 saturated carbocycles. The number of methoxy groups -OCH3 is 3. The fourth-order valence-corrected chi connectivity index (χ4v) is 2.91. The van der Waals surface area contributed by atoms with Gasteiger partial charge in [-0.1, -0.05) is 37.3 Å². The highest BCUT2D eigenvalue weighted by Gasteiger charge is 2.30. The Morgan fingerprint density at radius 1 is 1.11 bits per heavy atom. The van der Waals surface area contributed by atoms with Crippen molar-refractivity contribution >= 4 is 18.4 Å². The van der Waals surface area contributed by atoms with E-state index in [9.17, 15) is 4.79 Å². The highest BCUT2D eigenvalue weighted by atomic mass is 35.5. The normalized spacial score (nSPS) is 14.4. The molecule has 0 fully saturated rings. The fraction of sp³-hybridized carbons (Fsp3) is 0.381. The summed E-state index contributed by atoms with van der Waals surface area (Å²) >= 11 is 0. The van der Waals surface area contributed by atoms with E-state index in [1.54, 1.807) is 0 Å². The van der Waals surface area contributed by atoms with Gasteiger partial charge >= 0.3 is 5.97 Å². The third kappa shape index (κ3) is 4.88. The van der Waals surface area contributed by atoms with Crippen LogP contribution in [0.5, 0.6) is 17.2 Å². The number of hydrogen-bond acceptors (Lipinski definition) is 6. The number of hydrogen-bond donors (Lipinski definition) is 1. The Labute approximate surface area is 176 Å². The van der Waals surface area contributed by atoms with Gasteiger partial charge in [0, 0.05) is 0 Å². The van der Waals surface area contributed by atoms with Crippen molar-refractivity contribution in [2.45, 2.75) is 18.9 Å². The smallest absolute Gasteiger partial charge is 0.338 e. The first-order valence-corrected chi connectivity index (χ1v) is 8.56.